The smallest absolute Gasteiger partial charge is 0.184 e. The second-order valence-corrected chi connectivity index (χ2v) is 7.01. The van der Waals surface area contributed by atoms with Gasteiger partial charge in [-0.05, 0) is 33.0 Å². The Morgan fingerprint density at radius 2 is 1.87 bits per heavy atom. The van der Waals surface area contributed by atoms with Gasteiger partial charge in [0.2, 0.25) is 0 Å². The van der Waals surface area contributed by atoms with E-state index < -0.39 is 0 Å². The van der Waals surface area contributed by atoms with E-state index in [2.05, 4.69) is 59.5 Å². The van der Waals surface area contributed by atoms with E-state index in [0.29, 0.717) is 0 Å². The summed E-state index contributed by atoms with van der Waals surface area (Å²) in [7, 11) is 0. The monoisotopic (exact) mass is 305 g/mol. The van der Waals surface area contributed by atoms with Crippen LogP contribution < -0.4 is 0 Å². The maximum absolute atomic E-state index is 4.64. The number of hydrogen-bond donors (Lipinski definition) is 0. The van der Waals surface area contributed by atoms with E-state index in [1.165, 1.54) is 11.1 Å². The standard InChI is InChI=1S/C18H19N5/c1-18(2,3)13-9-10-19-14-11-15(12-7-5-4-6-8-12)23-17(16(13)14)20-21-22-23/h4-10,15H,11H2,1-3H3. The zero-order valence-electron chi connectivity index (χ0n) is 13.6. The fourth-order valence-corrected chi connectivity index (χ4v) is 3.31. The highest BCUT2D eigenvalue weighted by Gasteiger charge is 2.33. The number of pyridine rings is 1. The number of rotatable bonds is 1. The molecule has 0 fully saturated rings. The number of benzene rings is 1. The Bertz CT molecular complexity index is 845. The Balaban J connectivity index is 1.92. The molecule has 23 heavy (non-hydrogen) atoms. The summed E-state index contributed by atoms with van der Waals surface area (Å²) in [6.45, 7) is 6.63. The summed E-state index contributed by atoms with van der Waals surface area (Å²) in [5.41, 5.74) is 4.63. The van der Waals surface area contributed by atoms with Crippen molar-refractivity contribution in [3.63, 3.8) is 0 Å². The van der Waals surface area contributed by atoms with Crippen LogP contribution in [0.15, 0.2) is 42.6 Å². The molecule has 1 aromatic carbocycles. The minimum absolute atomic E-state index is 0.0172. The molecule has 0 aliphatic carbocycles. The molecule has 5 heteroatoms. The van der Waals surface area contributed by atoms with Gasteiger partial charge in [-0.2, -0.15) is 0 Å². The first-order valence-corrected chi connectivity index (χ1v) is 7.87. The fourth-order valence-electron chi connectivity index (χ4n) is 3.31. The number of hydrogen-bond acceptors (Lipinski definition) is 4. The van der Waals surface area contributed by atoms with Crippen molar-refractivity contribution in [2.75, 3.05) is 0 Å². The van der Waals surface area contributed by atoms with Gasteiger partial charge in [0.05, 0.1) is 11.7 Å². The van der Waals surface area contributed by atoms with Gasteiger partial charge in [0.25, 0.3) is 0 Å². The first-order chi connectivity index (χ1) is 11.1. The van der Waals surface area contributed by atoms with Gasteiger partial charge in [0.15, 0.2) is 5.82 Å². The molecule has 3 heterocycles. The molecule has 1 aliphatic rings. The SMILES string of the molecule is CC(C)(C)c1ccnc2c1-c1nnnn1C(c1ccccc1)C2. The number of nitrogens with zero attached hydrogens (tertiary/aromatic N) is 5. The van der Waals surface area contributed by atoms with Gasteiger partial charge in [-0.1, -0.05) is 51.1 Å². The Kier molecular flexibility index (Phi) is 3.04. The normalized spacial score (nSPS) is 16.7. The molecule has 0 saturated carbocycles. The summed E-state index contributed by atoms with van der Waals surface area (Å²) >= 11 is 0. The van der Waals surface area contributed by atoms with E-state index in [0.717, 1.165) is 23.5 Å². The molecule has 0 radical (unpaired) electrons. The average Bonchev–Trinajstić information content (AvgIpc) is 3.03. The average molecular weight is 305 g/mol. The van der Waals surface area contributed by atoms with Crippen molar-refractivity contribution in [3.05, 3.63) is 59.4 Å². The summed E-state index contributed by atoms with van der Waals surface area (Å²) in [4.78, 5) is 4.64. The number of fused-ring (bicyclic) bond motifs is 3. The lowest BCUT2D eigenvalue weighted by Gasteiger charge is -2.29. The Hall–Kier alpha value is -2.56. The molecule has 1 aliphatic heterocycles. The first-order valence-electron chi connectivity index (χ1n) is 7.87. The molecule has 1 unspecified atom stereocenters. The molecular formula is C18H19N5. The van der Waals surface area contributed by atoms with Gasteiger partial charge in [-0.3, -0.25) is 4.98 Å². The minimum atomic E-state index is 0.0172. The Labute approximate surface area is 135 Å². The molecule has 0 spiro atoms. The van der Waals surface area contributed by atoms with Crippen LogP contribution in [0.1, 0.15) is 43.6 Å². The predicted molar refractivity (Wildman–Crippen MR) is 88.0 cm³/mol. The fraction of sp³-hybridized carbons (Fsp3) is 0.333. The van der Waals surface area contributed by atoms with Gasteiger partial charge in [0, 0.05) is 18.2 Å². The third-order valence-corrected chi connectivity index (χ3v) is 4.42. The van der Waals surface area contributed by atoms with Gasteiger partial charge in [-0.25, -0.2) is 4.68 Å². The molecular weight excluding hydrogens is 286 g/mol. The van der Waals surface area contributed by atoms with Crippen LogP contribution >= 0.6 is 0 Å². The maximum atomic E-state index is 4.64. The molecule has 3 aromatic rings. The van der Waals surface area contributed by atoms with E-state index in [1.54, 1.807) is 0 Å². The summed E-state index contributed by atoms with van der Waals surface area (Å²) < 4.78 is 1.94. The van der Waals surface area contributed by atoms with Gasteiger partial charge >= 0.3 is 0 Å². The van der Waals surface area contributed by atoms with Crippen LogP contribution in [0.5, 0.6) is 0 Å². The lowest BCUT2D eigenvalue weighted by atomic mass is 9.81. The Morgan fingerprint density at radius 3 is 2.61 bits per heavy atom. The van der Waals surface area contributed by atoms with Crippen LogP contribution in [0.3, 0.4) is 0 Å². The Morgan fingerprint density at radius 1 is 1.09 bits per heavy atom. The van der Waals surface area contributed by atoms with Crippen molar-refractivity contribution < 1.29 is 0 Å². The summed E-state index contributed by atoms with van der Waals surface area (Å²) in [5, 5.41) is 12.5. The third kappa shape index (κ3) is 2.23. The molecule has 4 rings (SSSR count). The van der Waals surface area contributed by atoms with Gasteiger partial charge < -0.3 is 0 Å². The van der Waals surface area contributed by atoms with Crippen molar-refractivity contribution in [1.29, 1.82) is 0 Å². The zero-order chi connectivity index (χ0) is 16.0. The topological polar surface area (TPSA) is 56.5 Å². The van der Waals surface area contributed by atoms with Crippen LogP contribution in [0.4, 0.5) is 0 Å². The lowest BCUT2D eigenvalue weighted by molar-refractivity contribution is 0.488. The van der Waals surface area contributed by atoms with Gasteiger partial charge in [0.1, 0.15) is 0 Å². The summed E-state index contributed by atoms with van der Waals surface area (Å²) in [5.74, 6) is 0.818. The summed E-state index contributed by atoms with van der Waals surface area (Å²) in [6, 6.07) is 12.5. The van der Waals surface area contributed by atoms with Crippen molar-refractivity contribution in [2.45, 2.75) is 38.6 Å². The molecule has 1 atom stereocenters. The van der Waals surface area contributed by atoms with Crippen LogP contribution in [-0.4, -0.2) is 25.2 Å². The number of tetrazole rings is 1. The first kappa shape index (κ1) is 14.1. The van der Waals surface area contributed by atoms with E-state index in [9.17, 15) is 0 Å². The molecule has 2 aromatic heterocycles. The van der Waals surface area contributed by atoms with Crippen LogP contribution in [-0.2, 0) is 11.8 Å². The van der Waals surface area contributed by atoms with Crippen molar-refractivity contribution in [2.24, 2.45) is 0 Å². The van der Waals surface area contributed by atoms with E-state index in [-0.39, 0.29) is 11.5 Å². The maximum Gasteiger partial charge on any atom is 0.184 e. The van der Waals surface area contributed by atoms with E-state index in [1.807, 2.05) is 29.1 Å². The van der Waals surface area contributed by atoms with E-state index >= 15 is 0 Å². The molecule has 116 valence electrons. The third-order valence-electron chi connectivity index (χ3n) is 4.42. The minimum Gasteiger partial charge on any atom is -0.260 e. The molecule has 0 amide bonds. The zero-order valence-corrected chi connectivity index (χ0v) is 13.6. The predicted octanol–water partition coefficient (Wildman–Crippen LogP) is 3.18. The molecule has 0 bridgehead atoms. The van der Waals surface area contributed by atoms with E-state index in [4.69, 9.17) is 0 Å². The van der Waals surface area contributed by atoms with Crippen LogP contribution in [0, 0.1) is 0 Å². The van der Waals surface area contributed by atoms with Gasteiger partial charge in [-0.15, -0.1) is 5.10 Å². The molecule has 5 nitrogen and oxygen atoms in total. The second kappa shape index (κ2) is 4.98. The highest BCUT2D eigenvalue weighted by atomic mass is 15.6. The summed E-state index contributed by atoms with van der Waals surface area (Å²) in [6.07, 6.45) is 2.71. The van der Waals surface area contributed by atoms with Crippen molar-refractivity contribution in [3.8, 4) is 11.4 Å². The molecule has 0 N–H and O–H groups in total. The van der Waals surface area contributed by atoms with Crippen molar-refractivity contribution in [1.82, 2.24) is 25.2 Å². The molecule has 0 saturated heterocycles. The highest BCUT2D eigenvalue weighted by molar-refractivity contribution is 5.66. The quantitative estimate of drug-likeness (QED) is 0.693. The second-order valence-electron chi connectivity index (χ2n) is 7.01. The van der Waals surface area contributed by atoms with Crippen molar-refractivity contribution >= 4 is 0 Å². The lowest BCUT2D eigenvalue weighted by Crippen LogP contribution is -2.25. The van der Waals surface area contributed by atoms with Crippen LogP contribution in [0.2, 0.25) is 0 Å². The number of aromatic nitrogens is 5. The highest BCUT2D eigenvalue weighted by Crippen LogP contribution is 2.40. The largest absolute Gasteiger partial charge is 0.260 e. The van der Waals surface area contributed by atoms with Crippen LogP contribution in [0.25, 0.3) is 11.4 Å².